The Morgan fingerprint density at radius 2 is 2.67 bits per heavy atom. The molecule has 0 aromatic carbocycles. The van der Waals surface area contributed by atoms with Gasteiger partial charge in [0.15, 0.2) is 0 Å². The SMILES string of the molecule is OCOCc1cnc[nH]1. The van der Waals surface area contributed by atoms with E-state index in [0.29, 0.717) is 6.61 Å². The first-order valence-electron chi connectivity index (χ1n) is 2.59. The molecule has 1 aromatic heterocycles. The van der Waals surface area contributed by atoms with Crippen LogP contribution in [-0.2, 0) is 11.3 Å². The number of H-pyrrole nitrogens is 1. The Morgan fingerprint density at radius 3 is 3.22 bits per heavy atom. The van der Waals surface area contributed by atoms with E-state index in [4.69, 9.17) is 5.11 Å². The Kier molecular flexibility index (Phi) is 2.23. The second-order valence-corrected chi connectivity index (χ2v) is 1.55. The maximum absolute atomic E-state index is 8.21. The molecule has 0 spiro atoms. The molecule has 4 nitrogen and oxygen atoms in total. The molecule has 0 aliphatic carbocycles. The average Bonchev–Trinajstić information content (AvgIpc) is 2.34. The highest BCUT2D eigenvalue weighted by molar-refractivity contribution is 4.90. The summed E-state index contributed by atoms with van der Waals surface area (Å²) in [6.45, 7) is 0.134. The van der Waals surface area contributed by atoms with Gasteiger partial charge in [-0.1, -0.05) is 0 Å². The van der Waals surface area contributed by atoms with Gasteiger partial charge in [-0.15, -0.1) is 0 Å². The molecule has 4 heteroatoms. The average molecular weight is 128 g/mol. The first kappa shape index (κ1) is 6.25. The van der Waals surface area contributed by atoms with Gasteiger partial charge in [0.05, 0.1) is 24.8 Å². The molecule has 1 rings (SSSR count). The zero-order valence-corrected chi connectivity index (χ0v) is 4.87. The maximum atomic E-state index is 8.21. The molecule has 0 saturated carbocycles. The molecule has 1 aromatic rings. The van der Waals surface area contributed by atoms with Crippen LogP contribution >= 0.6 is 0 Å². The molecule has 0 bridgehead atoms. The summed E-state index contributed by atoms with van der Waals surface area (Å²) < 4.78 is 4.66. The van der Waals surface area contributed by atoms with E-state index in [2.05, 4.69) is 14.7 Å². The third-order valence-electron chi connectivity index (χ3n) is 0.904. The van der Waals surface area contributed by atoms with Gasteiger partial charge >= 0.3 is 0 Å². The summed E-state index contributed by atoms with van der Waals surface area (Å²) >= 11 is 0. The summed E-state index contributed by atoms with van der Waals surface area (Å²) in [4.78, 5) is 6.58. The smallest absolute Gasteiger partial charge is 0.144 e. The molecule has 0 fully saturated rings. The van der Waals surface area contributed by atoms with Crippen molar-refractivity contribution in [3.05, 3.63) is 18.2 Å². The monoisotopic (exact) mass is 128 g/mol. The van der Waals surface area contributed by atoms with E-state index in [-0.39, 0.29) is 6.79 Å². The fourth-order valence-electron chi connectivity index (χ4n) is 0.519. The van der Waals surface area contributed by atoms with E-state index in [9.17, 15) is 0 Å². The minimum atomic E-state index is -0.251. The number of ether oxygens (including phenoxy) is 1. The molecule has 0 atom stereocenters. The number of aromatic nitrogens is 2. The minimum absolute atomic E-state index is 0.251. The van der Waals surface area contributed by atoms with Gasteiger partial charge in [0.1, 0.15) is 6.79 Å². The van der Waals surface area contributed by atoms with Gasteiger partial charge < -0.3 is 14.8 Å². The Balaban J connectivity index is 2.30. The highest BCUT2D eigenvalue weighted by Gasteiger charge is 1.89. The fraction of sp³-hybridized carbons (Fsp3) is 0.400. The molecule has 0 aliphatic heterocycles. The van der Waals surface area contributed by atoms with Crippen molar-refractivity contribution in [1.29, 1.82) is 0 Å². The van der Waals surface area contributed by atoms with Crippen molar-refractivity contribution in [2.45, 2.75) is 6.61 Å². The molecule has 0 amide bonds. The van der Waals surface area contributed by atoms with Gasteiger partial charge in [-0.2, -0.15) is 0 Å². The number of aliphatic hydroxyl groups excluding tert-OH is 1. The van der Waals surface area contributed by atoms with Crippen LogP contribution in [0, 0.1) is 0 Å². The Labute approximate surface area is 52.5 Å². The Bertz CT molecular complexity index is 150. The number of rotatable bonds is 3. The van der Waals surface area contributed by atoms with Gasteiger partial charge in [0.25, 0.3) is 0 Å². The van der Waals surface area contributed by atoms with E-state index in [1.165, 1.54) is 0 Å². The maximum Gasteiger partial charge on any atom is 0.144 e. The van der Waals surface area contributed by atoms with Crippen LogP contribution in [0.2, 0.25) is 0 Å². The van der Waals surface area contributed by atoms with Crippen LogP contribution in [0.3, 0.4) is 0 Å². The molecular formula is C5H8N2O2. The molecule has 2 N–H and O–H groups in total. The normalized spacial score (nSPS) is 9.89. The lowest BCUT2D eigenvalue weighted by Crippen LogP contribution is -1.92. The third kappa shape index (κ3) is 1.83. The number of aromatic amines is 1. The highest BCUT2D eigenvalue weighted by atomic mass is 16.6. The number of aliphatic hydroxyl groups is 1. The van der Waals surface area contributed by atoms with E-state index in [0.717, 1.165) is 5.69 Å². The van der Waals surface area contributed by atoms with E-state index < -0.39 is 0 Å². The lowest BCUT2D eigenvalue weighted by atomic mass is 10.5. The van der Waals surface area contributed by atoms with E-state index >= 15 is 0 Å². The van der Waals surface area contributed by atoms with Crippen LogP contribution in [-0.4, -0.2) is 21.9 Å². The predicted octanol–water partition coefficient (Wildman–Crippen LogP) is -0.124. The van der Waals surface area contributed by atoms with Gasteiger partial charge in [0.2, 0.25) is 0 Å². The van der Waals surface area contributed by atoms with Gasteiger partial charge in [-0.25, -0.2) is 4.98 Å². The van der Waals surface area contributed by atoms with Crippen LogP contribution in [0.1, 0.15) is 5.69 Å². The van der Waals surface area contributed by atoms with Crippen molar-refractivity contribution in [3.8, 4) is 0 Å². The van der Waals surface area contributed by atoms with Crippen molar-refractivity contribution >= 4 is 0 Å². The van der Waals surface area contributed by atoms with Gasteiger partial charge in [-0.05, 0) is 0 Å². The van der Waals surface area contributed by atoms with Crippen LogP contribution in [0.5, 0.6) is 0 Å². The largest absolute Gasteiger partial charge is 0.371 e. The van der Waals surface area contributed by atoms with E-state index in [1.807, 2.05) is 0 Å². The topological polar surface area (TPSA) is 58.1 Å². The van der Waals surface area contributed by atoms with Gasteiger partial charge in [0, 0.05) is 0 Å². The number of hydrogen-bond donors (Lipinski definition) is 2. The number of imidazole rings is 1. The molecule has 0 aliphatic rings. The molecule has 9 heavy (non-hydrogen) atoms. The first-order valence-corrected chi connectivity index (χ1v) is 2.59. The summed E-state index contributed by atoms with van der Waals surface area (Å²) in [6.07, 6.45) is 3.21. The van der Waals surface area contributed by atoms with Crippen LogP contribution in [0.15, 0.2) is 12.5 Å². The lowest BCUT2D eigenvalue weighted by molar-refractivity contribution is -0.0124. The zero-order valence-electron chi connectivity index (χ0n) is 4.87. The third-order valence-corrected chi connectivity index (χ3v) is 0.904. The second-order valence-electron chi connectivity index (χ2n) is 1.55. The Morgan fingerprint density at radius 1 is 1.78 bits per heavy atom. The molecule has 0 unspecified atom stereocenters. The van der Waals surface area contributed by atoms with Crippen molar-refractivity contribution < 1.29 is 9.84 Å². The highest BCUT2D eigenvalue weighted by Crippen LogP contribution is 1.91. The van der Waals surface area contributed by atoms with Crippen LogP contribution in [0.4, 0.5) is 0 Å². The predicted molar refractivity (Wildman–Crippen MR) is 30.5 cm³/mol. The standard InChI is InChI=1S/C5H8N2O2/c8-4-9-2-5-1-6-3-7-5/h1,3,8H,2,4H2,(H,6,7). The van der Waals surface area contributed by atoms with Crippen molar-refractivity contribution in [3.63, 3.8) is 0 Å². The van der Waals surface area contributed by atoms with Crippen molar-refractivity contribution in [2.75, 3.05) is 6.79 Å². The van der Waals surface area contributed by atoms with Crippen LogP contribution < -0.4 is 0 Å². The lowest BCUT2D eigenvalue weighted by Gasteiger charge is -1.93. The summed E-state index contributed by atoms with van der Waals surface area (Å²) in [5.41, 5.74) is 0.865. The molecule has 0 radical (unpaired) electrons. The fourth-order valence-corrected chi connectivity index (χ4v) is 0.519. The molecular weight excluding hydrogens is 120 g/mol. The van der Waals surface area contributed by atoms with Crippen LogP contribution in [0.25, 0.3) is 0 Å². The Hall–Kier alpha value is -0.870. The second kappa shape index (κ2) is 3.21. The summed E-state index contributed by atoms with van der Waals surface area (Å²) in [7, 11) is 0. The molecule has 1 heterocycles. The van der Waals surface area contributed by atoms with Crippen molar-refractivity contribution in [1.82, 2.24) is 9.97 Å². The first-order chi connectivity index (χ1) is 4.43. The number of nitrogens with one attached hydrogen (secondary N) is 1. The summed E-state index contributed by atoms with van der Waals surface area (Å²) in [6, 6.07) is 0. The van der Waals surface area contributed by atoms with Crippen molar-refractivity contribution in [2.24, 2.45) is 0 Å². The number of nitrogens with zero attached hydrogens (tertiary/aromatic N) is 1. The quantitative estimate of drug-likeness (QED) is 0.558. The molecule has 0 saturated heterocycles. The zero-order chi connectivity index (χ0) is 6.53. The summed E-state index contributed by atoms with van der Waals surface area (Å²) in [5.74, 6) is 0. The summed E-state index contributed by atoms with van der Waals surface area (Å²) in [5, 5.41) is 8.21. The van der Waals surface area contributed by atoms with Gasteiger partial charge in [-0.3, -0.25) is 0 Å². The van der Waals surface area contributed by atoms with E-state index in [1.54, 1.807) is 12.5 Å². The molecule has 50 valence electrons. The minimum Gasteiger partial charge on any atom is -0.371 e. The number of hydrogen-bond acceptors (Lipinski definition) is 3.